The van der Waals surface area contributed by atoms with Gasteiger partial charge in [-0.25, -0.2) is 0 Å². The lowest BCUT2D eigenvalue weighted by Gasteiger charge is -2.25. The predicted octanol–water partition coefficient (Wildman–Crippen LogP) is -7.54. The van der Waals surface area contributed by atoms with Crippen molar-refractivity contribution in [2.75, 3.05) is 14.1 Å². The zero-order valence-corrected chi connectivity index (χ0v) is 14.2. The van der Waals surface area contributed by atoms with Gasteiger partial charge in [-0.2, -0.15) is 0 Å². The summed E-state index contributed by atoms with van der Waals surface area (Å²) in [6, 6.07) is -8.99. The van der Waals surface area contributed by atoms with Crippen molar-refractivity contribution in [2.45, 2.75) is 30.9 Å². The summed E-state index contributed by atoms with van der Waals surface area (Å²) in [6.45, 7) is 0. The Balaban J connectivity index is 4.54. The van der Waals surface area contributed by atoms with Gasteiger partial charge >= 0.3 is 18.1 Å². The van der Waals surface area contributed by atoms with Crippen LogP contribution < -0.4 is 31.9 Å². The van der Waals surface area contributed by atoms with Gasteiger partial charge in [0.25, 0.3) is 0 Å². The quantitative estimate of drug-likeness (QED) is 0.121. The number of carbonyl (C=O) groups excluding carboxylic acids is 4. The van der Waals surface area contributed by atoms with Crippen LogP contribution in [0.5, 0.6) is 0 Å². The van der Waals surface area contributed by atoms with Crippen LogP contribution in [-0.2, 0) is 19.2 Å². The average molecular weight is 398 g/mol. The molecule has 0 aliphatic rings. The molecule has 0 radical (unpaired) electrons. The lowest BCUT2D eigenvalue weighted by atomic mass is 10.3. The zero-order valence-electron chi connectivity index (χ0n) is 14.2. The molecule has 0 aliphatic carbocycles. The second-order valence-electron chi connectivity index (χ2n) is 5.06. The monoisotopic (exact) mass is 398 g/mol. The Morgan fingerprint density at radius 2 is 0.778 bits per heavy atom. The smallest absolute Gasteiger partial charge is 0.336 e. The molecule has 16 heteroatoms. The Labute approximate surface area is 151 Å². The van der Waals surface area contributed by atoms with E-state index in [2.05, 4.69) is 0 Å². The lowest BCUT2D eigenvalue weighted by Crippen LogP contribution is -2.63. The summed E-state index contributed by atoms with van der Waals surface area (Å²) in [5.41, 5.74) is 0. The minimum absolute atomic E-state index is 1.08. The van der Waals surface area contributed by atoms with Crippen molar-refractivity contribution in [1.29, 1.82) is 0 Å². The Hall–Kier alpha value is -2.44. The van der Waals surface area contributed by atoms with E-state index >= 15 is 0 Å². The first-order valence-corrected chi connectivity index (χ1v) is 7.07. The number of hydrogen-bond donors (Lipinski definition) is 12. The molecule has 12 N–H and O–H groups in total. The van der Waals surface area contributed by atoms with Crippen LogP contribution in [0.15, 0.2) is 0 Å². The Morgan fingerprint density at radius 1 is 0.556 bits per heavy atom. The van der Waals surface area contributed by atoms with E-state index in [1.165, 1.54) is 10.6 Å². The van der Waals surface area contributed by atoms with Crippen LogP contribution in [0.4, 0.5) is 0 Å². The third-order valence-corrected chi connectivity index (χ3v) is 2.59. The van der Waals surface area contributed by atoms with Crippen LogP contribution in [0.1, 0.15) is 12.8 Å². The lowest BCUT2D eigenvalue weighted by molar-refractivity contribution is -0.211. The van der Waals surface area contributed by atoms with Crippen molar-refractivity contribution < 1.29 is 49.8 Å². The molecule has 0 atom stereocenters. The van der Waals surface area contributed by atoms with E-state index in [9.17, 15) is 29.4 Å². The molecule has 16 nitrogen and oxygen atoms in total. The molecule has 156 valence electrons. The first-order chi connectivity index (χ1) is 12.1. The second-order valence-corrected chi connectivity index (χ2v) is 5.06. The maximum absolute atomic E-state index is 11.5. The topological polar surface area (TPSA) is 262 Å². The molecule has 0 rings (SSSR count). The van der Waals surface area contributed by atoms with Gasteiger partial charge in [0.2, 0.25) is 23.6 Å². The number of nitrogens with one attached hydrogen (secondary N) is 6. The Bertz CT molecular complexity index is 530. The molecule has 0 heterocycles. The largest absolute Gasteiger partial charge is 0.337 e. The highest BCUT2D eigenvalue weighted by Gasteiger charge is 2.32. The third kappa shape index (κ3) is 11.0. The van der Waals surface area contributed by atoms with Gasteiger partial charge in [-0.1, -0.05) is 0 Å². The number of rotatable bonds is 10. The summed E-state index contributed by atoms with van der Waals surface area (Å²) in [7, 11) is 2.15. The van der Waals surface area contributed by atoms with E-state index in [1.54, 1.807) is 10.6 Å². The van der Waals surface area contributed by atoms with Gasteiger partial charge in [-0.3, -0.25) is 51.1 Å². The first kappa shape index (κ1) is 24.6. The van der Waals surface area contributed by atoms with Crippen molar-refractivity contribution in [1.82, 2.24) is 31.9 Å². The SMILES string of the molecule is CNC(O)(O)NC(=O)CC(=O)NC(O)(O)NC(=O)CC(=O)NC(O)(O)NC. The van der Waals surface area contributed by atoms with Crippen molar-refractivity contribution in [3.8, 4) is 0 Å². The molecule has 0 aromatic carbocycles. The summed E-state index contributed by atoms with van der Waals surface area (Å²) in [4.78, 5) is 45.7. The van der Waals surface area contributed by atoms with Gasteiger partial charge < -0.3 is 30.6 Å². The molecular weight excluding hydrogens is 376 g/mol. The highest BCUT2D eigenvalue weighted by molar-refractivity contribution is 5.98. The third-order valence-electron chi connectivity index (χ3n) is 2.59. The highest BCUT2D eigenvalue weighted by atomic mass is 16.6. The van der Waals surface area contributed by atoms with Crippen LogP contribution >= 0.6 is 0 Å². The Kier molecular flexibility index (Phi) is 8.63. The van der Waals surface area contributed by atoms with E-state index < -0.39 is 54.6 Å². The van der Waals surface area contributed by atoms with Crippen LogP contribution in [0.3, 0.4) is 0 Å². The molecule has 0 saturated heterocycles. The van der Waals surface area contributed by atoms with Gasteiger partial charge in [-0.15, -0.1) is 0 Å². The van der Waals surface area contributed by atoms with E-state index in [-0.39, 0.29) is 0 Å². The molecule has 0 aromatic rings. The summed E-state index contributed by atoms with van der Waals surface area (Å²) in [6.07, 6.45) is -2.19. The molecule has 0 spiro atoms. The Morgan fingerprint density at radius 3 is 1.00 bits per heavy atom. The van der Waals surface area contributed by atoms with Crippen LogP contribution in [0.2, 0.25) is 0 Å². The maximum Gasteiger partial charge on any atom is 0.337 e. The standard InChI is InChI=1S/C11H22N6O10/c1-12-9(22,23)14-5(18)3-7(20)16-11(26,27)17-8(21)4-6(19)15-10(24,25)13-2/h12-13,22-27H,3-4H2,1-2H3,(H,14,18)(H,15,19)(H,16,20)(H,17,21). The van der Waals surface area contributed by atoms with Crippen molar-refractivity contribution in [3.05, 3.63) is 0 Å². The second kappa shape index (κ2) is 9.48. The molecular formula is C11H22N6O10. The van der Waals surface area contributed by atoms with Gasteiger partial charge in [-0.05, 0) is 14.1 Å². The van der Waals surface area contributed by atoms with Crippen molar-refractivity contribution in [3.63, 3.8) is 0 Å². The van der Waals surface area contributed by atoms with Crippen LogP contribution in [0, 0.1) is 0 Å². The fourth-order valence-electron chi connectivity index (χ4n) is 1.40. The highest BCUT2D eigenvalue weighted by Crippen LogP contribution is 1.95. The summed E-state index contributed by atoms with van der Waals surface area (Å²) >= 11 is 0. The normalized spacial score (nSPS) is 12.1. The van der Waals surface area contributed by atoms with Crippen LogP contribution in [-0.4, -0.2) is 86.5 Å². The van der Waals surface area contributed by atoms with Gasteiger partial charge in [0, 0.05) is 0 Å². The van der Waals surface area contributed by atoms with E-state index in [1.807, 2.05) is 10.6 Å². The first-order valence-electron chi connectivity index (χ1n) is 7.07. The number of hydrogen-bond acceptors (Lipinski definition) is 12. The molecule has 0 fully saturated rings. The summed E-state index contributed by atoms with van der Waals surface area (Å²) in [5, 5.41) is 64.9. The zero-order chi connectivity index (χ0) is 21.5. The van der Waals surface area contributed by atoms with E-state index in [0.717, 1.165) is 14.1 Å². The predicted molar refractivity (Wildman–Crippen MR) is 81.4 cm³/mol. The fourth-order valence-corrected chi connectivity index (χ4v) is 1.40. The van der Waals surface area contributed by atoms with Gasteiger partial charge in [0.1, 0.15) is 12.8 Å². The maximum atomic E-state index is 11.5. The van der Waals surface area contributed by atoms with E-state index in [4.69, 9.17) is 20.4 Å². The van der Waals surface area contributed by atoms with Gasteiger partial charge in [0.15, 0.2) is 0 Å². The molecule has 0 unspecified atom stereocenters. The summed E-state index contributed by atoms with van der Waals surface area (Å²) in [5.74, 6) is -5.17. The van der Waals surface area contributed by atoms with E-state index in [0.29, 0.717) is 0 Å². The molecule has 0 aliphatic heterocycles. The molecule has 0 bridgehead atoms. The minimum Gasteiger partial charge on any atom is -0.336 e. The molecule has 0 saturated carbocycles. The number of carbonyl (C=O) groups is 4. The summed E-state index contributed by atoms with van der Waals surface area (Å²) < 4.78 is 0. The fraction of sp³-hybridized carbons (Fsp3) is 0.636. The van der Waals surface area contributed by atoms with Crippen LogP contribution in [0.25, 0.3) is 0 Å². The van der Waals surface area contributed by atoms with Crippen molar-refractivity contribution in [2.24, 2.45) is 0 Å². The molecule has 0 aromatic heterocycles. The number of aliphatic hydroxyl groups is 6. The van der Waals surface area contributed by atoms with Gasteiger partial charge in [0.05, 0.1) is 0 Å². The minimum atomic E-state index is -3.37. The van der Waals surface area contributed by atoms with Crippen molar-refractivity contribution >= 4 is 23.6 Å². The average Bonchev–Trinajstić information content (AvgIpc) is 2.43. The number of amides is 4. The molecule has 4 amide bonds. The molecule has 27 heavy (non-hydrogen) atoms.